The molecule has 0 atom stereocenters. The summed E-state index contributed by atoms with van der Waals surface area (Å²) in [7, 11) is 2.19. The summed E-state index contributed by atoms with van der Waals surface area (Å²) < 4.78 is 0. The maximum absolute atomic E-state index is 12.6. The highest BCUT2D eigenvalue weighted by atomic mass is 32.1. The average molecular weight is 413 g/mol. The van der Waals surface area contributed by atoms with E-state index in [1.54, 1.807) is 11.3 Å². The second-order valence-electron chi connectivity index (χ2n) is 8.66. The molecule has 3 heterocycles. The van der Waals surface area contributed by atoms with Crippen molar-refractivity contribution in [2.45, 2.75) is 32.7 Å². The molecule has 2 saturated heterocycles. The lowest BCUT2D eigenvalue weighted by molar-refractivity contribution is -0.131. The molecule has 2 aromatic rings. The summed E-state index contributed by atoms with van der Waals surface area (Å²) in [6.07, 6.45) is 2.66. The number of benzene rings is 1. The molecule has 2 fully saturated rings. The van der Waals surface area contributed by atoms with Crippen molar-refractivity contribution in [1.82, 2.24) is 19.7 Å². The monoisotopic (exact) mass is 412 g/mol. The normalized spacial score (nSPS) is 19.6. The molecule has 4 rings (SSSR count). The highest BCUT2D eigenvalue weighted by Gasteiger charge is 2.21. The van der Waals surface area contributed by atoms with Gasteiger partial charge in [-0.1, -0.05) is 31.2 Å². The maximum Gasteiger partial charge on any atom is 0.228 e. The highest BCUT2D eigenvalue weighted by Crippen LogP contribution is 2.25. The number of carbonyl (C=O) groups excluding carboxylic acids is 1. The first-order valence-corrected chi connectivity index (χ1v) is 11.7. The zero-order valence-corrected chi connectivity index (χ0v) is 18.5. The van der Waals surface area contributed by atoms with Gasteiger partial charge in [0.25, 0.3) is 0 Å². The van der Waals surface area contributed by atoms with Crippen LogP contribution < -0.4 is 0 Å². The van der Waals surface area contributed by atoms with Crippen LogP contribution in [0.3, 0.4) is 0 Å². The van der Waals surface area contributed by atoms with Gasteiger partial charge in [0.2, 0.25) is 5.91 Å². The first-order valence-electron chi connectivity index (χ1n) is 10.8. The molecule has 1 aromatic heterocycles. The van der Waals surface area contributed by atoms with Crippen LogP contribution in [-0.2, 0) is 17.8 Å². The zero-order chi connectivity index (χ0) is 20.2. The smallest absolute Gasteiger partial charge is 0.228 e. The van der Waals surface area contributed by atoms with Crippen molar-refractivity contribution < 1.29 is 4.79 Å². The van der Waals surface area contributed by atoms with Crippen LogP contribution in [0.5, 0.6) is 0 Å². The minimum atomic E-state index is 0.219. The van der Waals surface area contributed by atoms with Crippen LogP contribution in [0.2, 0.25) is 0 Å². The molecule has 6 heteroatoms. The Morgan fingerprint density at radius 3 is 2.45 bits per heavy atom. The van der Waals surface area contributed by atoms with Gasteiger partial charge >= 0.3 is 0 Å². The van der Waals surface area contributed by atoms with Gasteiger partial charge in [-0.2, -0.15) is 0 Å². The van der Waals surface area contributed by atoms with Crippen molar-refractivity contribution in [3.63, 3.8) is 0 Å². The summed E-state index contributed by atoms with van der Waals surface area (Å²) in [5.41, 5.74) is 3.39. The molecule has 0 radical (unpaired) electrons. The largest absolute Gasteiger partial charge is 0.342 e. The number of carbonyl (C=O) groups is 1. The number of hydrogen-bond donors (Lipinski definition) is 0. The molecule has 2 aliphatic rings. The Labute approximate surface area is 178 Å². The minimum Gasteiger partial charge on any atom is -0.342 e. The van der Waals surface area contributed by atoms with E-state index < -0.39 is 0 Å². The Morgan fingerprint density at radius 1 is 1.07 bits per heavy atom. The van der Waals surface area contributed by atoms with E-state index in [2.05, 4.69) is 48.0 Å². The number of piperidine rings is 1. The zero-order valence-electron chi connectivity index (χ0n) is 17.6. The van der Waals surface area contributed by atoms with E-state index in [0.717, 1.165) is 80.8 Å². The molecule has 0 saturated carbocycles. The molecule has 29 heavy (non-hydrogen) atoms. The van der Waals surface area contributed by atoms with Crippen LogP contribution in [0.25, 0.3) is 10.6 Å². The predicted octanol–water partition coefficient (Wildman–Crippen LogP) is 3.36. The predicted molar refractivity (Wildman–Crippen MR) is 119 cm³/mol. The van der Waals surface area contributed by atoms with E-state index in [1.807, 2.05) is 10.3 Å². The van der Waals surface area contributed by atoms with Crippen molar-refractivity contribution in [2.75, 3.05) is 46.3 Å². The number of thiazole rings is 1. The summed E-state index contributed by atoms with van der Waals surface area (Å²) in [4.78, 5) is 24.2. The third kappa shape index (κ3) is 5.44. The lowest BCUT2D eigenvalue weighted by atomic mass is 9.99. The fraction of sp³-hybridized carbons (Fsp3) is 0.565. The Hall–Kier alpha value is -1.76. The number of hydrogen-bond acceptors (Lipinski definition) is 5. The molecule has 1 aromatic carbocycles. The van der Waals surface area contributed by atoms with Gasteiger partial charge in [-0.25, -0.2) is 4.98 Å². The number of piperazine rings is 1. The second kappa shape index (κ2) is 9.37. The summed E-state index contributed by atoms with van der Waals surface area (Å²) in [5.74, 6) is 0.959. The molecule has 1 amide bonds. The van der Waals surface area contributed by atoms with Gasteiger partial charge in [-0.3, -0.25) is 9.69 Å². The van der Waals surface area contributed by atoms with E-state index >= 15 is 0 Å². The Kier molecular flexibility index (Phi) is 6.63. The Bertz CT molecular complexity index is 803. The third-order valence-corrected chi connectivity index (χ3v) is 7.16. The first-order chi connectivity index (χ1) is 14.1. The quantitative estimate of drug-likeness (QED) is 0.755. The summed E-state index contributed by atoms with van der Waals surface area (Å²) in [6, 6.07) is 8.77. The van der Waals surface area contributed by atoms with Crippen LogP contribution in [-0.4, -0.2) is 71.9 Å². The van der Waals surface area contributed by atoms with E-state index in [4.69, 9.17) is 4.98 Å². The SMILES string of the molecule is CC1CCN(C(=O)Cc2csc(-c3ccc(CN4CCN(C)CC4)cc3)n2)CC1. The van der Waals surface area contributed by atoms with Gasteiger partial charge in [-0.15, -0.1) is 11.3 Å². The van der Waals surface area contributed by atoms with Crippen LogP contribution in [0.15, 0.2) is 29.6 Å². The maximum atomic E-state index is 12.6. The van der Waals surface area contributed by atoms with E-state index in [-0.39, 0.29) is 5.91 Å². The summed E-state index contributed by atoms with van der Waals surface area (Å²) in [6.45, 7) is 9.64. The van der Waals surface area contributed by atoms with E-state index in [1.165, 1.54) is 5.56 Å². The number of amides is 1. The third-order valence-electron chi connectivity index (χ3n) is 6.22. The Morgan fingerprint density at radius 2 is 1.76 bits per heavy atom. The van der Waals surface area contributed by atoms with Crippen LogP contribution >= 0.6 is 11.3 Å². The molecule has 0 aliphatic carbocycles. The molecular formula is C23H32N4OS. The van der Waals surface area contributed by atoms with Crippen molar-refractivity contribution in [1.29, 1.82) is 0 Å². The second-order valence-corrected chi connectivity index (χ2v) is 9.52. The highest BCUT2D eigenvalue weighted by molar-refractivity contribution is 7.13. The summed E-state index contributed by atoms with van der Waals surface area (Å²) >= 11 is 1.64. The fourth-order valence-corrected chi connectivity index (χ4v) is 4.89. The number of likely N-dealkylation sites (tertiary alicyclic amines) is 1. The van der Waals surface area contributed by atoms with Gasteiger partial charge in [0.05, 0.1) is 12.1 Å². The van der Waals surface area contributed by atoms with Gasteiger partial charge in [-0.05, 0) is 31.4 Å². The van der Waals surface area contributed by atoms with Gasteiger partial charge in [0.1, 0.15) is 5.01 Å². The molecule has 156 valence electrons. The fourth-order valence-electron chi connectivity index (χ4n) is 4.06. The molecule has 0 bridgehead atoms. The Balaban J connectivity index is 1.32. The van der Waals surface area contributed by atoms with Crippen molar-refractivity contribution in [2.24, 2.45) is 5.92 Å². The minimum absolute atomic E-state index is 0.219. The van der Waals surface area contributed by atoms with Crippen LogP contribution in [0.1, 0.15) is 31.0 Å². The number of likely N-dealkylation sites (N-methyl/N-ethyl adjacent to an activating group) is 1. The van der Waals surface area contributed by atoms with Crippen molar-refractivity contribution in [3.8, 4) is 10.6 Å². The van der Waals surface area contributed by atoms with Crippen LogP contribution in [0, 0.1) is 5.92 Å². The number of nitrogens with zero attached hydrogens (tertiary/aromatic N) is 4. The lowest BCUT2D eigenvalue weighted by Gasteiger charge is -2.32. The summed E-state index contributed by atoms with van der Waals surface area (Å²) in [5, 5.41) is 3.05. The lowest BCUT2D eigenvalue weighted by Crippen LogP contribution is -2.43. The molecule has 0 N–H and O–H groups in total. The molecule has 5 nitrogen and oxygen atoms in total. The number of aromatic nitrogens is 1. The first kappa shape index (κ1) is 20.5. The molecule has 0 spiro atoms. The molecular weight excluding hydrogens is 380 g/mol. The van der Waals surface area contributed by atoms with Crippen molar-refractivity contribution >= 4 is 17.2 Å². The van der Waals surface area contributed by atoms with Crippen LogP contribution in [0.4, 0.5) is 0 Å². The molecule has 2 aliphatic heterocycles. The average Bonchev–Trinajstić information content (AvgIpc) is 3.19. The van der Waals surface area contributed by atoms with Gasteiger partial charge in [0.15, 0.2) is 0 Å². The number of rotatable bonds is 5. The van der Waals surface area contributed by atoms with E-state index in [9.17, 15) is 4.79 Å². The topological polar surface area (TPSA) is 39.7 Å². The molecule has 0 unspecified atom stereocenters. The van der Waals surface area contributed by atoms with E-state index in [0.29, 0.717) is 6.42 Å². The van der Waals surface area contributed by atoms with Gasteiger partial charge < -0.3 is 9.80 Å². The van der Waals surface area contributed by atoms with Crippen molar-refractivity contribution in [3.05, 3.63) is 40.9 Å². The van der Waals surface area contributed by atoms with Gasteiger partial charge in [0, 0.05) is 56.8 Å². The standard InChI is InChI=1S/C23H32N4OS/c1-18-7-9-27(10-8-18)22(28)15-21-17-29-23(24-21)20-5-3-19(4-6-20)16-26-13-11-25(2)12-14-26/h3-6,17-18H,7-16H2,1-2H3.